The molecule has 2 heterocycles. The molecule has 2 aromatic heterocycles. The first-order valence-corrected chi connectivity index (χ1v) is 9.72. The van der Waals surface area contributed by atoms with E-state index in [0.717, 1.165) is 15.4 Å². The van der Waals surface area contributed by atoms with Crippen molar-refractivity contribution >= 4 is 41.5 Å². The number of nitrogens with one attached hydrogen (secondary N) is 1. The molecule has 0 fully saturated rings. The maximum absolute atomic E-state index is 12.5. The number of aromatic nitrogens is 3. The Morgan fingerprint density at radius 1 is 1.10 bits per heavy atom. The molecule has 8 nitrogen and oxygen atoms in total. The molecule has 31 heavy (non-hydrogen) atoms. The highest BCUT2D eigenvalue weighted by atomic mass is 32.1. The van der Waals surface area contributed by atoms with Crippen molar-refractivity contribution in [3.63, 3.8) is 0 Å². The number of methoxy groups -OCH3 is 1. The molecule has 0 spiro atoms. The minimum absolute atomic E-state index is 0.0411. The molecule has 2 N–H and O–H groups in total. The zero-order valence-electron chi connectivity index (χ0n) is 16.8. The molecule has 0 aliphatic carbocycles. The number of urea groups is 1. The Hall–Kier alpha value is -3.85. The Balaban J connectivity index is 1.62. The third-order valence-electron chi connectivity index (χ3n) is 4.58. The number of nitrogens with zero attached hydrogens (tertiary/aromatic N) is 4. The van der Waals surface area contributed by atoms with Crippen LogP contribution in [0.25, 0.3) is 22.4 Å². The van der Waals surface area contributed by atoms with Gasteiger partial charge in [0.25, 0.3) is 0 Å². The Morgan fingerprint density at radius 3 is 2.61 bits per heavy atom. The minimum atomic E-state index is -0.472. The molecule has 0 bridgehead atoms. The number of hydrogen-bond acceptors (Lipinski definition) is 7. The fourth-order valence-corrected chi connectivity index (χ4v) is 3.05. The van der Waals surface area contributed by atoms with Gasteiger partial charge >= 0.3 is 6.03 Å². The number of amides is 2. The van der Waals surface area contributed by atoms with Crippen LogP contribution in [0, 0.1) is 6.92 Å². The van der Waals surface area contributed by atoms with E-state index >= 15 is 0 Å². The minimum Gasteiger partial charge on any atom is -0.504 e. The molecule has 0 aliphatic rings. The third-order valence-corrected chi connectivity index (χ3v) is 4.97. The molecule has 0 saturated heterocycles. The maximum Gasteiger partial charge on any atom is 0.337 e. The van der Waals surface area contributed by atoms with Crippen molar-refractivity contribution in [3.05, 3.63) is 66.4 Å². The number of carbonyl (C=O) groups excluding carboxylic acids is 1. The summed E-state index contributed by atoms with van der Waals surface area (Å²) in [5, 5.41) is 12.6. The van der Waals surface area contributed by atoms with Crippen molar-refractivity contribution in [1.29, 1.82) is 0 Å². The van der Waals surface area contributed by atoms with Crippen LogP contribution in [0.1, 0.15) is 5.56 Å². The van der Waals surface area contributed by atoms with Crippen molar-refractivity contribution < 1.29 is 14.6 Å². The molecule has 2 aromatic carbocycles. The lowest BCUT2D eigenvalue weighted by Crippen LogP contribution is -2.27. The van der Waals surface area contributed by atoms with Gasteiger partial charge in [-0.1, -0.05) is 30.5 Å². The molecule has 4 rings (SSSR count). The van der Waals surface area contributed by atoms with Gasteiger partial charge in [-0.05, 0) is 49.4 Å². The van der Waals surface area contributed by atoms with Crippen LogP contribution in [0.4, 0.5) is 16.3 Å². The van der Waals surface area contributed by atoms with Gasteiger partial charge in [-0.3, -0.25) is 0 Å². The van der Waals surface area contributed by atoms with Gasteiger partial charge in [0.1, 0.15) is 5.52 Å². The van der Waals surface area contributed by atoms with Crippen molar-refractivity contribution in [3.8, 4) is 22.8 Å². The standard InChI is InChI=1S/C22H19N5O3S/c1-13-3-6-15(7-4-13)24-22(29)27(31)20-12-23-17-9-8-16(25-21(17)26-20)14-5-10-18(28)19(11-14)30-2/h3-12,28,31H,1-2H3,(H,24,29). The van der Waals surface area contributed by atoms with E-state index in [0.29, 0.717) is 28.3 Å². The normalized spacial score (nSPS) is 10.7. The number of phenolic OH excluding ortho intramolecular Hbond substituents is 1. The molecule has 0 aliphatic heterocycles. The van der Waals surface area contributed by atoms with Crippen molar-refractivity contribution in [2.45, 2.75) is 6.92 Å². The lowest BCUT2D eigenvalue weighted by molar-refractivity contribution is 0.260. The number of pyridine rings is 1. The fraction of sp³-hybridized carbons (Fsp3) is 0.0909. The van der Waals surface area contributed by atoms with Crippen LogP contribution in [0.15, 0.2) is 60.8 Å². The zero-order chi connectivity index (χ0) is 22.0. The number of rotatable bonds is 4. The number of anilines is 2. The second-order valence-corrected chi connectivity index (χ2v) is 7.16. The molecule has 0 radical (unpaired) electrons. The lowest BCUT2D eigenvalue weighted by atomic mass is 10.1. The molecule has 0 saturated carbocycles. The highest BCUT2D eigenvalue weighted by molar-refractivity contribution is 7.82. The quantitative estimate of drug-likeness (QED) is 0.407. The number of ether oxygens (including phenoxy) is 1. The van der Waals surface area contributed by atoms with Gasteiger partial charge in [0.15, 0.2) is 23.0 Å². The van der Waals surface area contributed by atoms with Crippen molar-refractivity contribution in [1.82, 2.24) is 15.0 Å². The topological polar surface area (TPSA) is 100 Å². The average Bonchev–Trinajstić information content (AvgIpc) is 2.79. The third kappa shape index (κ3) is 4.36. The van der Waals surface area contributed by atoms with E-state index in [1.807, 2.05) is 19.1 Å². The van der Waals surface area contributed by atoms with Gasteiger partial charge in [-0.15, -0.1) is 0 Å². The number of fused-ring (bicyclic) bond motifs is 1. The number of aryl methyl sites for hydroxylation is 1. The highest BCUT2D eigenvalue weighted by Crippen LogP contribution is 2.31. The maximum atomic E-state index is 12.5. The first-order chi connectivity index (χ1) is 14.9. The fourth-order valence-electron chi connectivity index (χ4n) is 2.91. The summed E-state index contributed by atoms with van der Waals surface area (Å²) in [5.74, 6) is 0.612. The molecule has 0 atom stereocenters. The Labute approximate surface area is 184 Å². The molecule has 9 heteroatoms. The summed E-state index contributed by atoms with van der Waals surface area (Å²) < 4.78 is 6.23. The summed E-state index contributed by atoms with van der Waals surface area (Å²) in [6.07, 6.45) is 1.45. The van der Waals surface area contributed by atoms with Crippen LogP contribution in [-0.4, -0.2) is 33.2 Å². The van der Waals surface area contributed by atoms with E-state index in [-0.39, 0.29) is 11.6 Å². The molecule has 0 unspecified atom stereocenters. The summed E-state index contributed by atoms with van der Waals surface area (Å²) in [5.41, 5.74) is 4.01. The lowest BCUT2D eigenvalue weighted by Gasteiger charge is -2.15. The van der Waals surface area contributed by atoms with E-state index in [9.17, 15) is 9.90 Å². The van der Waals surface area contributed by atoms with Gasteiger partial charge in [-0.25, -0.2) is 24.1 Å². The summed E-state index contributed by atoms with van der Waals surface area (Å²) >= 11 is 4.27. The number of carbonyl (C=O) groups is 1. The van der Waals surface area contributed by atoms with E-state index in [4.69, 9.17) is 4.74 Å². The Morgan fingerprint density at radius 2 is 1.87 bits per heavy atom. The molecular weight excluding hydrogens is 414 g/mol. The van der Waals surface area contributed by atoms with Crippen LogP contribution < -0.4 is 14.4 Å². The van der Waals surface area contributed by atoms with Gasteiger partial charge in [0.05, 0.1) is 19.0 Å². The number of hydrogen-bond donors (Lipinski definition) is 3. The highest BCUT2D eigenvalue weighted by Gasteiger charge is 2.16. The average molecular weight is 433 g/mol. The second-order valence-electron chi connectivity index (χ2n) is 6.76. The number of aromatic hydroxyl groups is 1. The largest absolute Gasteiger partial charge is 0.504 e. The van der Waals surface area contributed by atoms with E-state index in [1.54, 1.807) is 36.4 Å². The van der Waals surface area contributed by atoms with Gasteiger partial charge in [0, 0.05) is 11.3 Å². The van der Waals surface area contributed by atoms with Crippen molar-refractivity contribution in [2.24, 2.45) is 0 Å². The molecule has 156 valence electrons. The summed E-state index contributed by atoms with van der Waals surface area (Å²) in [4.78, 5) is 25.8. The van der Waals surface area contributed by atoms with E-state index < -0.39 is 6.03 Å². The summed E-state index contributed by atoms with van der Waals surface area (Å²) in [6, 6.07) is 15.5. The van der Waals surface area contributed by atoms with Gasteiger partial charge in [-0.2, -0.15) is 0 Å². The van der Waals surface area contributed by atoms with Crippen LogP contribution in [0.3, 0.4) is 0 Å². The van der Waals surface area contributed by atoms with Gasteiger partial charge in [0.2, 0.25) is 0 Å². The molecule has 2 amide bonds. The molecular formula is C22H19N5O3S. The zero-order valence-corrected chi connectivity index (χ0v) is 17.7. The van der Waals surface area contributed by atoms with E-state index in [2.05, 4.69) is 33.1 Å². The van der Waals surface area contributed by atoms with E-state index in [1.165, 1.54) is 19.4 Å². The van der Waals surface area contributed by atoms with Gasteiger partial charge < -0.3 is 15.2 Å². The van der Waals surface area contributed by atoms with Crippen molar-refractivity contribution in [2.75, 3.05) is 16.7 Å². The number of phenols is 1. The summed E-state index contributed by atoms with van der Waals surface area (Å²) in [7, 11) is 1.48. The van der Waals surface area contributed by atoms with Crippen LogP contribution in [0.2, 0.25) is 0 Å². The Kier molecular flexibility index (Phi) is 5.59. The predicted molar refractivity (Wildman–Crippen MR) is 123 cm³/mol. The smallest absolute Gasteiger partial charge is 0.337 e. The molecule has 4 aromatic rings. The summed E-state index contributed by atoms with van der Waals surface area (Å²) in [6.45, 7) is 1.97. The van der Waals surface area contributed by atoms with Crippen LogP contribution in [0.5, 0.6) is 11.5 Å². The number of thiol groups is 1. The first kappa shape index (κ1) is 20.4. The predicted octanol–water partition coefficient (Wildman–Crippen LogP) is 4.60. The van der Waals surface area contributed by atoms with Crippen LogP contribution in [-0.2, 0) is 0 Å². The SMILES string of the molecule is COc1cc(-c2ccc3ncc(N(S)C(=O)Nc4ccc(C)cc4)nc3n2)ccc1O. The van der Waals surface area contributed by atoms with Crippen LogP contribution >= 0.6 is 12.8 Å². The first-order valence-electron chi connectivity index (χ1n) is 9.32. The monoisotopic (exact) mass is 433 g/mol. The number of benzene rings is 2. The second kappa shape index (κ2) is 8.49. The Bertz CT molecular complexity index is 1260.